The molecule has 3 aliphatic rings. The maximum Gasteiger partial charge on any atom is 0.326 e. The van der Waals surface area contributed by atoms with Gasteiger partial charge >= 0.3 is 6.03 Å². The molecule has 0 saturated carbocycles. The molecule has 6 rings (SSSR count). The lowest BCUT2D eigenvalue weighted by Gasteiger charge is -2.48. The smallest absolute Gasteiger partial charge is 0.326 e. The number of piperazine rings is 1. The van der Waals surface area contributed by atoms with Crippen LogP contribution >= 0.6 is 23.2 Å². The Morgan fingerprint density at radius 3 is 2.17 bits per heavy atom. The molecule has 6 nitrogen and oxygen atoms in total. The number of hydrogen-bond donors (Lipinski definition) is 0. The van der Waals surface area contributed by atoms with Gasteiger partial charge in [-0.3, -0.25) is 9.89 Å². The van der Waals surface area contributed by atoms with Crippen molar-refractivity contribution in [3.05, 3.63) is 111 Å². The molecule has 3 aromatic rings. The zero-order valence-electron chi connectivity index (χ0n) is 27.8. The maximum absolute atomic E-state index is 15.2. The number of ether oxygens (including phenoxy) is 1. The van der Waals surface area contributed by atoms with E-state index in [1.54, 1.807) is 0 Å². The topological polar surface area (TPSA) is 48.4 Å². The summed E-state index contributed by atoms with van der Waals surface area (Å²) in [6.07, 6.45) is 5.22. The van der Waals surface area contributed by atoms with Gasteiger partial charge in [-0.2, -0.15) is 0 Å². The number of amides is 2. The van der Waals surface area contributed by atoms with Crippen molar-refractivity contribution in [1.82, 2.24) is 14.7 Å². The van der Waals surface area contributed by atoms with E-state index in [4.69, 9.17) is 32.9 Å². The van der Waals surface area contributed by atoms with E-state index in [0.29, 0.717) is 34.7 Å². The van der Waals surface area contributed by atoms with Crippen LogP contribution in [0.4, 0.5) is 4.79 Å². The van der Waals surface area contributed by atoms with Gasteiger partial charge < -0.3 is 14.5 Å². The van der Waals surface area contributed by atoms with E-state index in [-0.39, 0.29) is 23.6 Å². The van der Waals surface area contributed by atoms with Gasteiger partial charge in [-0.1, -0.05) is 80.4 Å². The van der Waals surface area contributed by atoms with Gasteiger partial charge in [0.15, 0.2) is 0 Å². The second kappa shape index (κ2) is 12.0. The van der Waals surface area contributed by atoms with E-state index in [2.05, 4.69) is 70.0 Å². The standard InChI is InChI=1S/C38H44Cl2N4O2/c1-25(2)46-33-23-28(36(3,4)5)14-19-32(33)34-41-37(6,26-10-15-29(39)16-11-26)38(7,27-12-17-30(40)18-13-27)44(34)35(45)43-22-21-42-20-8-9-31(42)24-43/h8,10-20,23,25,31H,9,21-22,24H2,1-7H3/t31?,37-,38-/m0/s1. The molecule has 0 spiro atoms. The van der Waals surface area contributed by atoms with Crippen LogP contribution < -0.4 is 4.74 Å². The highest BCUT2D eigenvalue weighted by Crippen LogP contribution is 2.54. The Bertz CT molecular complexity index is 1680. The van der Waals surface area contributed by atoms with Gasteiger partial charge in [-0.15, -0.1) is 0 Å². The number of nitrogens with zero attached hydrogens (tertiary/aromatic N) is 4. The predicted octanol–water partition coefficient (Wildman–Crippen LogP) is 8.99. The minimum absolute atomic E-state index is 0.0733. The van der Waals surface area contributed by atoms with Crippen LogP contribution in [0.2, 0.25) is 10.0 Å². The molecule has 0 radical (unpaired) electrons. The first-order valence-corrected chi connectivity index (χ1v) is 16.9. The number of carbonyl (C=O) groups is 1. The van der Waals surface area contributed by atoms with Crippen molar-refractivity contribution in [3.63, 3.8) is 0 Å². The van der Waals surface area contributed by atoms with Gasteiger partial charge in [0, 0.05) is 35.7 Å². The minimum atomic E-state index is -0.944. The SMILES string of the molecule is CC(C)Oc1cc(C(C)(C)C)ccc1C1=N[C@@](C)(c2ccc(Cl)cc2)[C@](C)(c2ccc(Cl)cc2)N1C(=O)N1CCN2C=CCC2C1. The Morgan fingerprint density at radius 1 is 0.935 bits per heavy atom. The van der Waals surface area contributed by atoms with Crippen LogP contribution in [0.25, 0.3) is 0 Å². The maximum atomic E-state index is 15.2. The third-order valence-electron chi connectivity index (χ3n) is 9.90. The zero-order valence-corrected chi connectivity index (χ0v) is 29.4. The Balaban J connectivity index is 1.60. The molecule has 2 amide bonds. The normalized spacial score (nSPS) is 24.4. The van der Waals surface area contributed by atoms with Gasteiger partial charge in [0.2, 0.25) is 0 Å². The van der Waals surface area contributed by atoms with E-state index < -0.39 is 11.1 Å². The van der Waals surface area contributed by atoms with Crippen molar-refractivity contribution in [2.45, 2.75) is 83.5 Å². The molecule has 3 aromatic carbocycles. The van der Waals surface area contributed by atoms with Crippen molar-refractivity contribution < 1.29 is 9.53 Å². The molecule has 0 bridgehead atoms. The summed E-state index contributed by atoms with van der Waals surface area (Å²) in [7, 11) is 0. The number of carbonyl (C=O) groups excluding carboxylic acids is 1. The number of halogens is 2. The van der Waals surface area contributed by atoms with Crippen LogP contribution in [-0.2, 0) is 16.5 Å². The zero-order chi connectivity index (χ0) is 33.0. The molecule has 1 unspecified atom stereocenters. The summed E-state index contributed by atoms with van der Waals surface area (Å²) >= 11 is 12.8. The number of rotatable bonds is 5. The van der Waals surface area contributed by atoms with Gasteiger partial charge in [0.25, 0.3) is 0 Å². The lowest BCUT2D eigenvalue weighted by atomic mass is 9.71. The number of urea groups is 1. The van der Waals surface area contributed by atoms with E-state index in [1.807, 2.05) is 72.2 Å². The van der Waals surface area contributed by atoms with Gasteiger partial charge in [-0.25, -0.2) is 4.79 Å². The van der Waals surface area contributed by atoms with Gasteiger partial charge in [0.1, 0.15) is 22.7 Å². The number of benzene rings is 3. The fourth-order valence-electron chi connectivity index (χ4n) is 7.04. The third-order valence-corrected chi connectivity index (χ3v) is 10.4. The second-order valence-electron chi connectivity index (χ2n) is 14.3. The first-order chi connectivity index (χ1) is 21.7. The fraction of sp³-hybridized carbons (Fsp3) is 0.421. The van der Waals surface area contributed by atoms with Crippen LogP contribution in [0.5, 0.6) is 5.75 Å². The number of hydrogen-bond acceptors (Lipinski definition) is 4. The molecule has 8 heteroatoms. The monoisotopic (exact) mass is 658 g/mol. The van der Waals surface area contributed by atoms with Crippen molar-refractivity contribution >= 4 is 35.1 Å². The lowest BCUT2D eigenvalue weighted by Crippen LogP contribution is -2.61. The van der Waals surface area contributed by atoms with Crippen molar-refractivity contribution in [1.29, 1.82) is 0 Å². The molecule has 0 N–H and O–H groups in total. The first-order valence-electron chi connectivity index (χ1n) is 16.2. The number of fused-ring (bicyclic) bond motifs is 1. The molecule has 46 heavy (non-hydrogen) atoms. The molecule has 3 aliphatic heterocycles. The summed E-state index contributed by atoms with van der Waals surface area (Å²) in [5, 5.41) is 1.27. The van der Waals surface area contributed by atoms with Crippen LogP contribution in [0.1, 0.15) is 77.1 Å². The molecular formula is C38H44Cl2N4O2. The van der Waals surface area contributed by atoms with Crippen molar-refractivity contribution in [3.8, 4) is 5.75 Å². The Kier molecular flexibility index (Phi) is 8.43. The highest BCUT2D eigenvalue weighted by atomic mass is 35.5. The lowest BCUT2D eigenvalue weighted by molar-refractivity contribution is 0.0823. The van der Waals surface area contributed by atoms with E-state index in [9.17, 15) is 0 Å². The fourth-order valence-corrected chi connectivity index (χ4v) is 7.29. The molecule has 242 valence electrons. The summed E-state index contributed by atoms with van der Waals surface area (Å²) in [5.41, 5.74) is 1.88. The summed E-state index contributed by atoms with van der Waals surface area (Å²) in [4.78, 5) is 27.1. The average Bonchev–Trinajstić information content (AvgIpc) is 3.57. The Hall–Kier alpha value is -3.48. The largest absolute Gasteiger partial charge is 0.490 e. The van der Waals surface area contributed by atoms with E-state index in [0.717, 1.165) is 35.2 Å². The number of aliphatic imine (C=N–C) groups is 1. The van der Waals surface area contributed by atoms with E-state index >= 15 is 4.79 Å². The first kappa shape index (κ1) is 32.5. The molecule has 0 aromatic heterocycles. The summed E-state index contributed by atoms with van der Waals surface area (Å²) in [6, 6.07) is 22.1. The highest BCUT2D eigenvalue weighted by molar-refractivity contribution is 6.30. The highest BCUT2D eigenvalue weighted by Gasteiger charge is 2.60. The average molecular weight is 660 g/mol. The van der Waals surface area contributed by atoms with E-state index in [1.165, 1.54) is 0 Å². The molecule has 1 saturated heterocycles. The third kappa shape index (κ3) is 5.58. The second-order valence-corrected chi connectivity index (χ2v) is 15.2. The molecule has 0 aliphatic carbocycles. The van der Waals surface area contributed by atoms with Gasteiger partial charge in [-0.05, 0) is 98.8 Å². The summed E-state index contributed by atoms with van der Waals surface area (Å²) in [5.74, 6) is 1.30. The van der Waals surface area contributed by atoms with Crippen molar-refractivity contribution in [2.24, 2.45) is 4.99 Å². The Labute approximate surface area is 283 Å². The minimum Gasteiger partial charge on any atom is -0.490 e. The number of amidine groups is 1. The predicted molar refractivity (Wildman–Crippen MR) is 188 cm³/mol. The van der Waals surface area contributed by atoms with Crippen molar-refractivity contribution in [2.75, 3.05) is 19.6 Å². The van der Waals surface area contributed by atoms with Crippen LogP contribution in [0, 0.1) is 0 Å². The molecule has 1 fully saturated rings. The molecular weight excluding hydrogens is 615 g/mol. The summed E-state index contributed by atoms with van der Waals surface area (Å²) < 4.78 is 6.52. The van der Waals surface area contributed by atoms with Crippen LogP contribution in [-0.4, -0.2) is 58.3 Å². The molecule has 3 heterocycles. The summed E-state index contributed by atoms with van der Waals surface area (Å²) in [6.45, 7) is 16.9. The van der Waals surface area contributed by atoms with Crippen LogP contribution in [0.15, 0.2) is 84.0 Å². The van der Waals surface area contributed by atoms with Gasteiger partial charge in [0.05, 0.1) is 11.7 Å². The Morgan fingerprint density at radius 2 is 1.57 bits per heavy atom. The quantitative estimate of drug-likeness (QED) is 0.275. The van der Waals surface area contributed by atoms with Crippen LogP contribution in [0.3, 0.4) is 0 Å². The molecule has 3 atom stereocenters.